The largest absolute Gasteiger partial charge is 0.351 e. The van der Waals surface area contributed by atoms with Crippen LogP contribution in [-0.4, -0.2) is 21.2 Å². The van der Waals surface area contributed by atoms with Crippen molar-refractivity contribution in [3.63, 3.8) is 0 Å². The molecule has 4 rings (SSSR count). The molecule has 30 heavy (non-hydrogen) atoms. The fourth-order valence-electron chi connectivity index (χ4n) is 3.91. The van der Waals surface area contributed by atoms with Crippen molar-refractivity contribution in [3.05, 3.63) is 69.5 Å². The third-order valence-corrected chi connectivity index (χ3v) is 6.80. The van der Waals surface area contributed by atoms with Gasteiger partial charge in [-0.2, -0.15) is 0 Å². The molecule has 1 aliphatic rings. The Bertz CT molecular complexity index is 1110. The van der Waals surface area contributed by atoms with E-state index in [0.29, 0.717) is 27.6 Å². The number of nitrogens with zero attached hydrogens (tertiary/aromatic N) is 2. The number of amides is 1. The third-order valence-electron chi connectivity index (χ3n) is 5.48. The molecule has 156 valence electrons. The molecule has 0 radical (unpaired) electrons. The molecule has 1 amide bonds. The van der Waals surface area contributed by atoms with E-state index in [-0.39, 0.29) is 23.3 Å². The number of benzene rings is 2. The number of carbonyl (C=O) groups excluding carboxylic acids is 1. The van der Waals surface area contributed by atoms with Crippen LogP contribution < -0.4 is 10.9 Å². The maximum absolute atomic E-state index is 13.2. The first-order valence-corrected chi connectivity index (χ1v) is 11.6. The fraction of sp³-hybridized carbons (Fsp3) is 0.348. The van der Waals surface area contributed by atoms with E-state index in [1.165, 1.54) is 18.2 Å². The zero-order chi connectivity index (χ0) is 20.9. The van der Waals surface area contributed by atoms with Gasteiger partial charge in [-0.25, -0.2) is 4.98 Å². The monoisotopic (exact) mass is 441 g/mol. The highest BCUT2D eigenvalue weighted by Gasteiger charge is 2.22. The minimum absolute atomic E-state index is 0.00789. The van der Waals surface area contributed by atoms with Crippen molar-refractivity contribution in [3.8, 4) is 0 Å². The molecule has 3 aromatic rings. The molecule has 1 aliphatic carbocycles. The maximum Gasteiger partial charge on any atom is 0.262 e. The molecular weight excluding hydrogens is 418 g/mol. The van der Waals surface area contributed by atoms with Crippen molar-refractivity contribution in [2.24, 2.45) is 0 Å². The summed E-state index contributed by atoms with van der Waals surface area (Å²) >= 11 is 7.48. The van der Waals surface area contributed by atoms with Gasteiger partial charge in [0.1, 0.15) is 0 Å². The standard InChI is InChI=1S/C23H24ClN3O2S/c24-19-12-6-4-8-16(19)14-25-21(28)15-30-23-26-20-13-7-5-11-18(20)22(29)27(23)17-9-2-1-3-10-17/h4-8,11-13,17H,1-3,9-10,14-15H2,(H,25,28). The maximum atomic E-state index is 13.2. The van der Waals surface area contributed by atoms with E-state index in [4.69, 9.17) is 16.6 Å². The summed E-state index contributed by atoms with van der Waals surface area (Å²) in [7, 11) is 0. The number of aromatic nitrogens is 2. The molecule has 0 atom stereocenters. The van der Waals surface area contributed by atoms with Crippen LogP contribution in [0.4, 0.5) is 0 Å². The number of nitrogens with one attached hydrogen (secondary N) is 1. The molecule has 0 aliphatic heterocycles. The predicted octanol–water partition coefficient (Wildman–Crippen LogP) is 4.96. The summed E-state index contributed by atoms with van der Waals surface area (Å²) in [5.41, 5.74) is 1.54. The summed E-state index contributed by atoms with van der Waals surface area (Å²) in [6.45, 7) is 0.375. The average molecular weight is 442 g/mol. The summed E-state index contributed by atoms with van der Waals surface area (Å²) in [6.07, 6.45) is 5.40. The van der Waals surface area contributed by atoms with Gasteiger partial charge in [-0.15, -0.1) is 0 Å². The van der Waals surface area contributed by atoms with Gasteiger partial charge >= 0.3 is 0 Å². The number of thioether (sulfide) groups is 1. The Morgan fingerprint density at radius 2 is 1.83 bits per heavy atom. The van der Waals surface area contributed by atoms with Crippen LogP contribution in [0.1, 0.15) is 43.7 Å². The Labute approximate surface area is 184 Å². The highest BCUT2D eigenvalue weighted by molar-refractivity contribution is 7.99. The Balaban J connectivity index is 1.53. The van der Waals surface area contributed by atoms with Crippen molar-refractivity contribution in [1.82, 2.24) is 14.9 Å². The SMILES string of the molecule is O=C(CSc1nc2ccccc2c(=O)n1C1CCCCC1)NCc1ccccc1Cl. The van der Waals surface area contributed by atoms with Crippen molar-refractivity contribution >= 4 is 40.2 Å². The molecular formula is C23H24ClN3O2S. The summed E-state index contributed by atoms with van der Waals surface area (Å²) in [4.78, 5) is 30.4. The highest BCUT2D eigenvalue weighted by atomic mass is 35.5. The normalized spacial score (nSPS) is 14.7. The molecule has 0 unspecified atom stereocenters. The topological polar surface area (TPSA) is 64.0 Å². The van der Waals surface area contributed by atoms with Crippen LogP contribution in [0.25, 0.3) is 10.9 Å². The molecule has 1 aromatic heterocycles. The molecule has 0 saturated heterocycles. The number of para-hydroxylation sites is 1. The van der Waals surface area contributed by atoms with Gasteiger partial charge in [0.05, 0.1) is 16.7 Å². The predicted molar refractivity (Wildman–Crippen MR) is 122 cm³/mol. The fourth-order valence-corrected chi connectivity index (χ4v) is 5.00. The Morgan fingerprint density at radius 1 is 1.10 bits per heavy atom. The van der Waals surface area contributed by atoms with Crippen molar-refractivity contribution in [2.75, 3.05) is 5.75 Å². The minimum Gasteiger partial charge on any atom is -0.351 e. The Morgan fingerprint density at radius 3 is 2.63 bits per heavy atom. The first-order valence-electron chi connectivity index (χ1n) is 10.3. The molecule has 1 saturated carbocycles. The zero-order valence-corrected chi connectivity index (χ0v) is 18.2. The molecule has 5 nitrogen and oxygen atoms in total. The lowest BCUT2D eigenvalue weighted by Crippen LogP contribution is -2.30. The van der Waals surface area contributed by atoms with E-state index in [1.807, 2.05) is 47.0 Å². The van der Waals surface area contributed by atoms with E-state index < -0.39 is 0 Å². The summed E-state index contributed by atoms with van der Waals surface area (Å²) < 4.78 is 1.83. The van der Waals surface area contributed by atoms with Gasteiger partial charge in [0.15, 0.2) is 5.16 Å². The van der Waals surface area contributed by atoms with Crippen LogP contribution in [0.5, 0.6) is 0 Å². The molecule has 1 fully saturated rings. The van der Waals surface area contributed by atoms with Gasteiger partial charge in [-0.1, -0.05) is 73.0 Å². The molecule has 1 heterocycles. The van der Waals surface area contributed by atoms with E-state index in [2.05, 4.69) is 5.32 Å². The summed E-state index contributed by atoms with van der Waals surface area (Å²) in [6, 6.07) is 15.0. The van der Waals surface area contributed by atoms with E-state index in [9.17, 15) is 9.59 Å². The number of hydrogen-bond acceptors (Lipinski definition) is 4. The van der Waals surface area contributed by atoms with Gasteiger partial charge in [0.25, 0.3) is 5.56 Å². The van der Waals surface area contributed by atoms with Gasteiger partial charge in [0, 0.05) is 17.6 Å². The molecule has 7 heteroatoms. The number of carbonyl (C=O) groups is 1. The van der Waals surface area contributed by atoms with Crippen molar-refractivity contribution in [2.45, 2.75) is 49.8 Å². The van der Waals surface area contributed by atoms with Crippen LogP contribution >= 0.6 is 23.4 Å². The van der Waals surface area contributed by atoms with Gasteiger partial charge in [-0.3, -0.25) is 14.2 Å². The summed E-state index contributed by atoms with van der Waals surface area (Å²) in [5, 5.41) is 4.79. The van der Waals surface area contributed by atoms with Gasteiger partial charge in [-0.05, 0) is 36.6 Å². The molecule has 0 bridgehead atoms. The lowest BCUT2D eigenvalue weighted by atomic mass is 9.95. The molecule has 1 N–H and O–H groups in total. The van der Waals surface area contributed by atoms with Gasteiger partial charge in [0.2, 0.25) is 5.91 Å². The molecule has 2 aromatic carbocycles. The quantitative estimate of drug-likeness (QED) is 0.433. The first-order chi connectivity index (χ1) is 14.6. The number of halogens is 1. The van der Waals surface area contributed by atoms with Crippen LogP contribution in [0.15, 0.2) is 58.5 Å². The average Bonchev–Trinajstić information content (AvgIpc) is 2.78. The second-order valence-corrected chi connectivity index (χ2v) is 8.89. The van der Waals surface area contributed by atoms with E-state index >= 15 is 0 Å². The van der Waals surface area contributed by atoms with Crippen LogP contribution in [-0.2, 0) is 11.3 Å². The number of fused-ring (bicyclic) bond motifs is 1. The first kappa shape index (κ1) is 20.9. The highest BCUT2D eigenvalue weighted by Crippen LogP contribution is 2.31. The smallest absolute Gasteiger partial charge is 0.262 e. The van der Waals surface area contributed by atoms with Crippen molar-refractivity contribution in [1.29, 1.82) is 0 Å². The second kappa shape index (κ2) is 9.67. The molecule has 0 spiro atoms. The minimum atomic E-state index is -0.113. The van der Waals surface area contributed by atoms with E-state index in [0.717, 1.165) is 31.2 Å². The number of rotatable bonds is 6. The lowest BCUT2D eigenvalue weighted by Gasteiger charge is -2.26. The lowest BCUT2D eigenvalue weighted by molar-refractivity contribution is -0.118. The van der Waals surface area contributed by atoms with Gasteiger partial charge < -0.3 is 5.32 Å². The third kappa shape index (κ3) is 4.71. The second-order valence-electron chi connectivity index (χ2n) is 7.54. The Hall–Kier alpha value is -2.31. The van der Waals surface area contributed by atoms with Crippen LogP contribution in [0.3, 0.4) is 0 Å². The summed E-state index contributed by atoms with van der Waals surface area (Å²) in [5.74, 6) is 0.0830. The Kier molecular flexibility index (Phi) is 6.75. The van der Waals surface area contributed by atoms with Crippen LogP contribution in [0, 0.1) is 0 Å². The van der Waals surface area contributed by atoms with E-state index in [1.54, 1.807) is 6.07 Å². The van der Waals surface area contributed by atoms with Crippen LogP contribution in [0.2, 0.25) is 5.02 Å². The van der Waals surface area contributed by atoms with Crippen molar-refractivity contribution < 1.29 is 4.79 Å². The number of hydrogen-bond donors (Lipinski definition) is 1. The zero-order valence-electron chi connectivity index (χ0n) is 16.6.